The van der Waals surface area contributed by atoms with Crippen LogP contribution in [-0.2, 0) is 20.6 Å². The average Bonchev–Trinajstić information content (AvgIpc) is 3.07. The molecule has 0 saturated carbocycles. The SMILES string of the molecule is CCCNc1nc2c(c(=O)n(C)c(=O)n2C)n1Cc1cccc2ccccc12. The van der Waals surface area contributed by atoms with Crippen molar-refractivity contribution in [3.63, 3.8) is 0 Å². The van der Waals surface area contributed by atoms with Gasteiger partial charge >= 0.3 is 5.69 Å². The van der Waals surface area contributed by atoms with Gasteiger partial charge in [0.1, 0.15) is 0 Å². The van der Waals surface area contributed by atoms with Crippen molar-refractivity contribution in [2.75, 3.05) is 11.9 Å². The molecule has 7 nitrogen and oxygen atoms in total. The number of hydrogen-bond acceptors (Lipinski definition) is 4. The van der Waals surface area contributed by atoms with Crippen molar-refractivity contribution in [3.8, 4) is 0 Å². The minimum atomic E-state index is -0.380. The van der Waals surface area contributed by atoms with Crippen LogP contribution >= 0.6 is 0 Å². The monoisotopic (exact) mass is 377 g/mol. The van der Waals surface area contributed by atoms with Gasteiger partial charge < -0.3 is 5.32 Å². The summed E-state index contributed by atoms with van der Waals surface area (Å²) in [6.45, 7) is 3.28. The molecule has 2 heterocycles. The number of aryl methyl sites for hydroxylation is 1. The van der Waals surface area contributed by atoms with Crippen molar-refractivity contribution in [2.24, 2.45) is 14.1 Å². The number of rotatable bonds is 5. The van der Waals surface area contributed by atoms with E-state index in [1.165, 1.54) is 11.6 Å². The lowest BCUT2D eigenvalue weighted by Gasteiger charge is -2.12. The van der Waals surface area contributed by atoms with Crippen molar-refractivity contribution in [3.05, 3.63) is 68.9 Å². The van der Waals surface area contributed by atoms with Gasteiger partial charge in [-0.25, -0.2) is 4.79 Å². The van der Waals surface area contributed by atoms with Crippen LogP contribution in [0.3, 0.4) is 0 Å². The van der Waals surface area contributed by atoms with E-state index in [1.807, 2.05) is 22.8 Å². The predicted molar refractivity (Wildman–Crippen MR) is 112 cm³/mol. The second-order valence-electron chi connectivity index (χ2n) is 6.96. The summed E-state index contributed by atoms with van der Waals surface area (Å²) >= 11 is 0. The largest absolute Gasteiger partial charge is 0.356 e. The van der Waals surface area contributed by atoms with E-state index in [0.717, 1.165) is 33.9 Å². The fourth-order valence-electron chi connectivity index (χ4n) is 3.57. The van der Waals surface area contributed by atoms with Crippen LogP contribution in [0.2, 0.25) is 0 Å². The van der Waals surface area contributed by atoms with Crippen molar-refractivity contribution in [1.82, 2.24) is 18.7 Å². The normalized spacial score (nSPS) is 11.4. The summed E-state index contributed by atoms with van der Waals surface area (Å²) in [5, 5.41) is 5.58. The van der Waals surface area contributed by atoms with E-state index in [2.05, 4.69) is 41.5 Å². The molecule has 4 aromatic rings. The molecule has 4 rings (SSSR count). The van der Waals surface area contributed by atoms with Gasteiger partial charge in [0, 0.05) is 20.6 Å². The maximum absolute atomic E-state index is 12.9. The van der Waals surface area contributed by atoms with E-state index in [-0.39, 0.29) is 11.2 Å². The van der Waals surface area contributed by atoms with Crippen LogP contribution in [0.15, 0.2) is 52.1 Å². The topological polar surface area (TPSA) is 73.8 Å². The molecule has 0 amide bonds. The molecule has 2 aromatic heterocycles. The number of imidazole rings is 1. The highest BCUT2D eigenvalue weighted by Gasteiger charge is 2.19. The first-order valence-electron chi connectivity index (χ1n) is 9.39. The Kier molecular flexibility index (Phi) is 4.50. The standard InChI is InChI=1S/C21H23N5O2/c1-4-12-22-20-23-18-17(19(27)25(3)21(28)24(18)2)26(20)13-15-10-7-9-14-8-5-6-11-16(14)15/h5-11H,4,12-13H2,1-3H3,(H,22,23). The molecule has 2 aromatic carbocycles. The molecule has 1 N–H and O–H groups in total. The average molecular weight is 377 g/mol. The highest BCUT2D eigenvalue weighted by Crippen LogP contribution is 2.23. The second-order valence-corrected chi connectivity index (χ2v) is 6.96. The highest BCUT2D eigenvalue weighted by atomic mass is 16.2. The molecule has 7 heteroatoms. The molecule has 0 atom stereocenters. The molecule has 0 fully saturated rings. The number of anilines is 1. The van der Waals surface area contributed by atoms with Gasteiger partial charge in [0.25, 0.3) is 5.56 Å². The van der Waals surface area contributed by atoms with Crippen molar-refractivity contribution >= 4 is 27.9 Å². The Hall–Kier alpha value is -3.35. The Labute approximate surface area is 161 Å². The van der Waals surface area contributed by atoms with Gasteiger partial charge in [-0.05, 0) is 22.8 Å². The van der Waals surface area contributed by atoms with Gasteiger partial charge in [-0.15, -0.1) is 0 Å². The van der Waals surface area contributed by atoms with E-state index in [9.17, 15) is 9.59 Å². The summed E-state index contributed by atoms with van der Waals surface area (Å²) < 4.78 is 4.44. The van der Waals surface area contributed by atoms with Gasteiger partial charge in [-0.1, -0.05) is 49.4 Å². The molecule has 28 heavy (non-hydrogen) atoms. The van der Waals surface area contributed by atoms with Gasteiger partial charge in [0.15, 0.2) is 11.2 Å². The number of aromatic nitrogens is 4. The zero-order chi connectivity index (χ0) is 19.8. The summed E-state index contributed by atoms with van der Waals surface area (Å²) in [4.78, 5) is 29.8. The molecular formula is C21H23N5O2. The first kappa shape index (κ1) is 18.0. The predicted octanol–water partition coefficient (Wildman–Crippen LogP) is 2.46. The zero-order valence-electron chi connectivity index (χ0n) is 16.3. The summed E-state index contributed by atoms with van der Waals surface area (Å²) in [7, 11) is 3.14. The maximum atomic E-state index is 12.9. The molecule has 0 saturated heterocycles. The molecule has 0 radical (unpaired) electrons. The van der Waals surface area contributed by atoms with Crippen LogP contribution in [0.1, 0.15) is 18.9 Å². The Morgan fingerprint density at radius 2 is 1.75 bits per heavy atom. The highest BCUT2D eigenvalue weighted by molar-refractivity contribution is 5.86. The number of nitrogens with one attached hydrogen (secondary N) is 1. The van der Waals surface area contributed by atoms with Crippen LogP contribution in [-0.4, -0.2) is 25.2 Å². The van der Waals surface area contributed by atoms with E-state index in [4.69, 9.17) is 0 Å². The number of benzene rings is 2. The third-order valence-corrected chi connectivity index (χ3v) is 5.09. The Bertz CT molecular complexity index is 1290. The van der Waals surface area contributed by atoms with Gasteiger partial charge in [-0.3, -0.25) is 18.5 Å². The molecular weight excluding hydrogens is 354 g/mol. The third-order valence-electron chi connectivity index (χ3n) is 5.09. The van der Waals surface area contributed by atoms with E-state index in [1.54, 1.807) is 7.05 Å². The summed E-state index contributed by atoms with van der Waals surface area (Å²) in [5.74, 6) is 0.600. The molecule has 0 aliphatic heterocycles. The van der Waals surface area contributed by atoms with Crippen LogP contribution in [0.4, 0.5) is 5.95 Å². The van der Waals surface area contributed by atoms with Crippen molar-refractivity contribution in [2.45, 2.75) is 19.9 Å². The van der Waals surface area contributed by atoms with Crippen molar-refractivity contribution in [1.29, 1.82) is 0 Å². The Balaban J connectivity index is 1.99. The van der Waals surface area contributed by atoms with Crippen LogP contribution in [0.5, 0.6) is 0 Å². The molecule has 0 unspecified atom stereocenters. The smallest absolute Gasteiger partial charge is 0.332 e. The van der Waals surface area contributed by atoms with E-state index >= 15 is 0 Å². The Morgan fingerprint density at radius 1 is 1.00 bits per heavy atom. The quantitative estimate of drug-likeness (QED) is 0.580. The number of fused-ring (bicyclic) bond motifs is 2. The molecule has 144 valence electrons. The lowest BCUT2D eigenvalue weighted by molar-refractivity contribution is 0.702. The second kappa shape index (κ2) is 6.99. The van der Waals surface area contributed by atoms with Gasteiger partial charge in [0.2, 0.25) is 5.95 Å². The minimum absolute atomic E-state index is 0.338. The van der Waals surface area contributed by atoms with Gasteiger partial charge in [0.05, 0.1) is 6.54 Å². The fraction of sp³-hybridized carbons (Fsp3) is 0.286. The number of nitrogens with zero attached hydrogens (tertiary/aromatic N) is 4. The fourth-order valence-corrected chi connectivity index (χ4v) is 3.57. The van der Waals surface area contributed by atoms with Crippen LogP contribution in [0.25, 0.3) is 21.9 Å². The number of hydrogen-bond donors (Lipinski definition) is 1. The molecule has 0 aliphatic rings. The maximum Gasteiger partial charge on any atom is 0.332 e. The molecule has 0 aliphatic carbocycles. The van der Waals surface area contributed by atoms with Crippen molar-refractivity contribution < 1.29 is 0 Å². The first-order chi connectivity index (χ1) is 13.5. The van der Waals surface area contributed by atoms with Gasteiger partial charge in [-0.2, -0.15) is 4.98 Å². The summed E-state index contributed by atoms with van der Waals surface area (Å²) in [6, 6.07) is 14.3. The lowest BCUT2D eigenvalue weighted by Crippen LogP contribution is -2.37. The van der Waals surface area contributed by atoms with Crippen LogP contribution < -0.4 is 16.6 Å². The third kappa shape index (κ3) is 2.79. The Morgan fingerprint density at radius 3 is 2.54 bits per heavy atom. The zero-order valence-corrected chi connectivity index (χ0v) is 16.3. The van der Waals surface area contributed by atoms with E-state index < -0.39 is 0 Å². The van der Waals surface area contributed by atoms with E-state index in [0.29, 0.717) is 23.7 Å². The minimum Gasteiger partial charge on any atom is -0.356 e. The summed E-state index contributed by atoms with van der Waals surface area (Å²) in [6.07, 6.45) is 0.925. The first-order valence-corrected chi connectivity index (χ1v) is 9.39. The van der Waals surface area contributed by atoms with Crippen LogP contribution in [0, 0.1) is 0 Å². The molecule has 0 spiro atoms. The molecule has 0 bridgehead atoms. The summed E-state index contributed by atoms with van der Waals surface area (Å²) in [5.41, 5.74) is 1.20. The lowest BCUT2D eigenvalue weighted by atomic mass is 10.0.